The standard InChI is InChI=1S/C25H40N7O18P3S.C6H14O/c1-13(33)8-16(35)54-7-6-27-15(34)4-5-28-23(38)20(37)25(2,3)10-47-53(44,45)50-52(42,43)46-9-14-19(49-51(39,40)41)18(36)24(48-14)32-12-31-17-21(26)29-11-30-22(17)32;1-4-6(3,7)5-2/h11-12,14,18-20,24,36-37H,4-10H2,1-3H3,(H,27,34)(H,28,38)(H,42,43)(H,44,45)(H2,26,29,30)(H2,39,40,41);7H,4-5H2,1-3H3/t14-,18-,19-,20?,24-;/m1./s1. The molecule has 0 radical (unpaired) electrons. The average molecular weight is 954 g/mol. The van der Waals surface area contributed by atoms with Gasteiger partial charge < -0.3 is 56.0 Å². The highest BCUT2D eigenvalue weighted by molar-refractivity contribution is 8.13. The van der Waals surface area contributed by atoms with E-state index in [1.54, 1.807) is 0 Å². The molecule has 0 aliphatic carbocycles. The van der Waals surface area contributed by atoms with Gasteiger partial charge >= 0.3 is 23.5 Å². The van der Waals surface area contributed by atoms with E-state index < -0.39 is 90.2 Å². The molecular formula is C31H54N7O19P3S. The fourth-order valence-corrected chi connectivity index (χ4v) is 8.37. The molecule has 61 heavy (non-hydrogen) atoms. The number of carbonyl (C=O) groups excluding carboxylic acids is 4. The summed E-state index contributed by atoms with van der Waals surface area (Å²) in [5.74, 6) is -1.61. The Labute approximate surface area is 354 Å². The quantitative estimate of drug-likeness (QED) is 0.0404. The van der Waals surface area contributed by atoms with Crippen LogP contribution in [0.25, 0.3) is 11.2 Å². The van der Waals surface area contributed by atoms with Gasteiger partial charge in [0.1, 0.15) is 42.0 Å². The molecule has 1 aliphatic rings. The van der Waals surface area contributed by atoms with Crippen LogP contribution in [0.2, 0.25) is 0 Å². The lowest BCUT2D eigenvalue weighted by atomic mass is 9.87. The summed E-state index contributed by atoms with van der Waals surface area (Å²) in [4.78, 5) is 97.7. The van der Waals surface area contributed by atoms with E-state index in [4.69, 9.17) is 24.6 Å². The molecule has 11 N–H and O–H groups in total. The van der Waals surface area contributed by atoms with E-state index in [1.165, 1.54) is 20.8 Å². The number of phosphoric acid groups is 3. The van der Waals surface area contributed by atoms with E-state index in [0.717, 1.165) is 41.8 Å². The van der Waals surface area contributed by atoms with Crippen molar-refractivity contribution in [1.29, 1.82) is 0 Å². The second-order valence-electron chi connectivity index (χ2n) is 14.4. The van der Waals surface area contributed by atoms with Gasteiger partial charge in [0.15, 0.2) is 22.8 Å². The Morgan fingerprint density at radius 1 is 1.00 bits per heavy atom. The summed E-state index contributed by atoms with van der Waals surface area (Å²) < 4.78 is 61.9. The summed E-state index contributed by atoms with van der Waals surface area (Å²) in [6.07, 6.45) is -5.54. The first kappa shape index (κ1) is 54.3. The normalized spacial score (nSPS) is 20.8. The Morgan fingerprint density at radius 2 is 1.62 bits per heavy atom. The Hall–Kier alpha value is -2.81. The number of carbonyl (C=O) groups is 4. The molecule has 3 unspecified atom stereocenters. The Kier molecular flexibility index (Phi) is 20.7. The summed E-state index contributed by atoms with van der Waals surface area (Å²) in [6, 6.07) is 0. The number of ketones is 1. The van der Waals surface area contributed by atoms with Crippen LogP contribution in [0, 0.1) is 5.41 Å². The number of imidazole rings is 1. The number of nitrogens with zero attached hydrogens (tertiary/aromatic N) is 4. The fraction of sp³-hybridized carbons (Fsp3) is 0.710. The predicted molar refractivity (Wildman–Crippen MR) is 214 cm³/mol. The van der Waals surface area contributed by atoms with Gasteiger partial charge in [-0.2, -0.15) is 4.31 Å². The summed E-state index contributed by atoms with van der Waals surface area (Å²) in [7, 11) is -16.4. The molecule has 1 fully saturated rings. The van der Waals surface area contributed by atoms with Crippen LogP contribution in [0.5, 0.6) is 0 Å². The number of nitrogen functional groups attached to an aromatic ring is 1. The minimum atomic E-state index is -5.58. The maximum atomic E-state index is 12.6. The molecule has 0 bridgehead atoms. The van der Waals surface area contributed by atoms with Gasteiger partial charge in [-0.15, -0.1) is 0 Å². The number of aromatic nitrogens is 4. The SMILES string of the molecule is CC(=O)CC(=O)SCCNC(=O)CCNC(=O)C(O)C(C)(C)COP(=O)(O)OP(=O)(O)OC[C@H]1O[C@@H](n2cnc3c(N)ncnc32)[C@H](O)[C@@H]1OP(=O)(O)O.CCC(C)(O)CC. The Bertz CT molecular complexity index is 1960. The van der Waals surface area contributed by atoms with Crippen LogP contribution in [0.4, 0.5) is 5.82 Å². The van der Waals surface area contributed by atoms with E-state index in [-0.39, 0.29) is 59.6 Å². The van der Waals surface area contributed by atoms with Gasteiger partial charge in [-0.1, -0.05) is 39.5 Å². The van der Waals surface area contributed by atoms with Crippen molar-refractivity contribution in [3.8, 4) is 0 Å². The lowest BCUT2D eigenvalue weighted by Gasteiger charge is -2.30. The number of aliphatic hydroxyl groups is 3. The first-order valence-electron chi connectivity index (χ1n) is 18.3. The van der Waals surface area contributed by atoms with Gasteiger partial charge in [0, 0.05) is 30.7 Å². The molecule has 1 saturated heterocycles. The molecule has 0 saturated carbocycles. The lowest BCUT2D eigenvalue weighted by Crippen LogP contribution is -2.46. The van der Waals surface area contributed by atoms with Crippen molar-refractivity contribution in [2.24, 2.45) is 5.41 Å². The van der Waals surface area contributed by atoms with Crippen molar-refractivity contribution in [1.82, 2.24) is 30.2 Å². The topological polar surface area (TPSA) is 401 Å². The van der Waals surface area contributed by atoms with E-state index in [2.05, 4.69) is 34.4 Å². The number of thioether (sulfide) groups is 1. The molecule has 2 aromatic heterocycles. The number of aliphatic hydroxyl groups excluding tert-OH is 2. The molecule has 26 nitrogen and oxygen atoms in total. The highest BCUT2D eigenvalue weighted by atomic mass is 32.2. The van der Waals surface area contributed by atoms with E-state index in [1.807, 2.05) is 20.8 Å². The molecule has 0 spiro atoms. The number of hydrogen-bond donors (Lipinski definition) is 10. The third kappa shape index (κ3) is 18.4. The number of phosphoric ester groups is 3. The first-order valence-corrected chi connectivity index (χ1v) is 23.8. The zero-order valence-electron chi connectivity index (χ0n) is 34.1. The second kappa shape index (κ2) is 23.2. The maximum absolute atomic E-state index is 12.6. The lowest BCUT2D eigenvalue weighted by molar-refractivity contribution is -0.137. The number of nitrogens with two attached hydrogens (primary N) is 1. The number of Topliss-reactive ketones (excluding diaryl/α,β-unsaturated/α-hetero) is 1. The molecule has 0 aromatic carbocycles. The smallest absolute Gasteiger partial charge is 0.390 e. The summed E-state index contributed by atoms with van der Waals surface area (Å²) in [5, 5.41) is 35.0. The van der Waals surface area contributed by atoms with Crippen LogP contribution in [0.1, 0.15) is 73.5 Å². The summed E-state index contributed by atoms with van der Waals surface area (Å²) in [6.45, 7) is 7.41. The number of anilines is 1. The van der Waals surface area contributed by atoms with Crippen LogP contribution in [0.3, 0.4) is 0 Å². The third-order valence-corrected chi connectivity index (χ3v) is 12.7. The Balaban J connectivity index is 0.00000168. The van der Waals surface area contributed by atoms with Gasteiger partial charge in [0.05, 0.1) is 31.6 Å². The largest absolute Gasteiger partial charge is 0.481 e. The highest BCUT2D eigenvalue weighted by Crippen LogP contribution is 2.61. The number of ether oxygens (including phenoxy) is 1. The van der Waals surface area contributed by atoms with Gasteiger partial charge in [0.25, 0.3) is 0 Å². The van der Waals surface area contributed by atoms with Crippen molar-refractivity contribution in [3.05, 3.63) is 12.7 Å². The first-order chi connectivity index (χ1) is 28.0. The molecule has 2 aromatic rings. The van der Waals surface area contributed by atoms with Gasteiger partial charge in [0.2, 0.25) is 11.8 Å². The molecule has 7 atom stereocenters. The van der Waals surface area contributed by atoms with E-state index in [0.29, 0.717) is 0 Å². The fourth-order valence-electron chi connectivity index (χ4n) is 4.80. The molecule has 2 amide bonds. The second-order valence-corrected chi connectivity index (χ2v) is 19.8. The highest BCUT2D eigenvalue weighted by Gasteiger charge is 2.50. The molecule has 3 rings (SSSR count). The van der Waals surface area contributed by atoms with Crippen molar-refractivity contribution in [2.45, 2.75) is 103 Å². The van der Waals surface area contributed by atoms with Crippen LogP contribution >= 0.6 is 35.2 Å². The summed E-state index contributed by atoms with van der Waals surface area (Å²) >= 11 is 0.878. The third-order valence-electron chi connectivity index (χ3n) is 8.68. The molecule has 348 valence electrons. The van der Waals surface area contributed by atoms with Gasteiger partial charge in [-0.05, 0) is 26.7 Å². The number of hydrogen-bond acceptors (Lipinski definition) is 20. The molecule has 3 heterocycles. The monoisotopic (exact) mass is 953 g/mol. The van der Waals surface area contributed by atoms with Crippen molar-refractivity contribution < 1.29 is 90.4 Å². The minimum Gasteiger partial charge on any atom is -0.390 e. The van der Waals surface area contributed by atoms with Crippen LogP contribution in [-0.2, 0) is 55.5 Å². The van der Waals surface area contributed by atoms with Crippen LogP contribution in [-0.4, -0.2) is 139 Å². The summed E-state index contributed by atoms with van der Waals surface area (Å²) in [5.41, 5.74) is 3.80. The molecule has 1 aliphatic heterocycles. The maximum Gasteiger partial charge on any atom is 0.481 e. The van der Waals surface area contributed by atoms with Crippen molar-refractivity contribution >= 4 is 74.9 Å². The average Bonchev–Trinajstić information content (AvgIpc) is 3.71. The van der Waals surface area contributed by atoms with Crippen molar-refractivity contribution in [2.75, 3.05) is 37.8 Å². The predicted octanol–water partition coefficient (Wildman–Crippen LogP) is 0.201. The zero-order valence-corrected chi connectivity index (χ0v) is 37.6. The Morgan fingerprint density at radius 3 is 2.20 bits per heavy atom. The van der Waals surface area contributed by atoms with Crippen LogP contribution < -0.4 is 16.4 Å². The van der Waals surface area contributed by atoms with Crippen molar-refractivity contribution in [3.63, 3.8) is 0 Å². The molecule has 30 heteroatoms. The number of amides is 2. The van der Waals surface area contributed by atoms with E-state index in [9.17, 15) is 62.7 Å². The van der Waals surface area contributed by atoms with E-state index >= 15 is 0 Å². The zero-order chi connectivity index (χ0) is 46.6. The number of fused-ring (bicyclic) bond motifs is 1. The molecular weight excluding hydrogens is 899 g/mol. The minimum absolute atomic E-state index is 0.0240. The van der Waals surface area contributed by atoms with Gasteiger partial charge in [-0.25, -0.2) is 28.6 Å². The number of nitrogens with one attached hydrogen (secondary N) is 2. The number of rotatable bonds is 23. The van der Waals surface area contributed by atoms with Gasteiger partial charge in [-0.3, -0.25) is 37.3 Å². The van der Waals surface area contributed by atoms with Crippen LogP contribution in [0.15, 0.2) is 12.7 Å².